The number of carbonyl (C=O) groups is 5. The van der Waals surface area contributed by atoms with Crippen molar-refractivity contribution in [3.05, 3.63) is 0 Å². The fourth-order valence-electron chi connectivity index (χ4n) is 11.1. The Labute approximate surface area is 640 Å². The summed E-state index contributed by atoms with van der Waals surface area (Å²) in [5, 5.41) is 13.3. The Bertz CT molecular complexity index is 1950. The fraction of sp³-hybridized carbons (Fsp3) is 0.931. The molecular formula is C72H141N5Na2O17P2. The Balaban J connectivity index is -0.0000451. The zero-order valence-electron chi connectivity index (χ0n) is 63.4. The number of amides is 5. The average molecular weight is 1460 g/mol. The topological polar surface area (TPSA) is 300 Å². The molecule has 0 aliphatic rings. The van der Waals surface area contributed by atoms with Gasteiger partial charge in [-0.3, -0.25) is 23.5 Å². The summed E-state index contributed by atoms with van der Waals surface area (Å²) in [5.41, 5.74) is 0. The van der Waals surface area contributed by atoms with E-state index in [1.807, 2.05) is 0 Å². The molecule has 0 rings (SSSR count). The molecular weight excluding hydrogens is 1310 g/mol. The Morgan fingerprint density at radius 3 is 1.06 bits per heavy atom. The van der Waals surface area contributed by atoms with E-state index in [0.29, 0.717) is 45.1 Å². The van der Waals surface area contributed by atoms with Crippen LogP contribution in [0.25, 0.3) is 0 Å². The minimum atomic E-state index is -4.97. The molecule has 5 N–H and O–H groups in total. The molecule has 0 aliphatic heterocycles. The normalized spacial score (nSPS) is 13.8. The molecule has 0 aromatic rings. The first-order chi connectivity index (χ1) is 46.5. The Morgan fingerprint density at radius 1 is 0.347 bits per heavy atom. The van der Waals surface area contributed by atoms with Gasteiger partial charge in [0.15, 0.2) is 0 Å². The molecule has 0 saturated carbocycles. The number of phosphoric acid groups is 2. The number of carbonyl (C=O) groups excluding carboxylic acids is 5. The number of ether oxygens (including phenoxy) is 4. The van der Waals surface area contributed by atoms with E-state index in [4.69, 9.17) is 37.0 Å². The molecule has 0 bridgehead atoms. The molecule has 0 radical (unpaired) electrons. The molecule has 0 spiro atoms. The summed E-state index contributed by atoms with van der Waals surface area (Å²) in [7, 11) is -9.91. The third kappa shape index (κ3) is 72.1. The van der Waals surface area contributed by atoms with Gasteiger partial charge in [0, 0.05) is 52.2 Å². The van der Waals surface area contributed by atoms with Crippen LogP contribution in [0.15, 0.2) is 0 Å². The van der Waals surface area contributed by atoms with Crippen molar-refractivity contribution in [2.45, 2.75) is 361 Å². The molecule has 2 unspecified atom stereocenters. The van der Waals surface area contributed by atoms with Crippen LogP contribution in [-0.2, 0) is 60.6 Å². The van der Waals surface area contributed by atoms with Crippen molar-refractivity contribution in [2.24, 2.45) is 0 Å². The monoisotopic (exact) mass is 1460 g/mol. The first kappa shape index (κ1) is 101. The molecule has 0 saturated heterocycles. The van der Waals surface area contributed by atoms with Gasteiger partial charge < -0.3 is 73.4 Å². The van der Waals surface area contributed by atoms with E-state index < -0.39 is 66.2 Å². The van der Waals surface area contributed by atoms with Crippen LogP contribution in [0.4, 0.5) is 9.59 Å². The first-order valence-electron chi connectivity index (χ1n) is 38.6. The number of hydrogen-bond donors (Lipinski definition) is 5. The first-order valence-corrected chi connectivity index (χ1v) is 41.5. The van der Waals surface area contributed by atoms with Crippen LogP contribution in [-0.4, -0.2) is 127 Å². The van der Waals surface area contributed by atoms with E-state index >= 15 is 0 Å². The van der Waals surface area contributed by atoms with Crippen LogP contribution >= 0.6 is 15.6 Å². The standard InChI is InChI=1S/C72H143N5O17P2.2Na/c1-7-12-17-22-25-28-30-32-34-39-44-49-69(79)76-65(60-87-56-51-67(93-64(6)78)47-42-37-20-15-10-4)62-91-95(83,84)89-58-54-74-71(81)75-55-59-90-96(85,86)92-63-66(77-72(82)73-53-46-41-36-33-29-26-23-18-13-8-2)61-88-57-52-68(48-43-38-21-16-11-5)94-70(80)50-45-40-35-31-27-24-19-14-9-3;;/h65-68H,7-63H2,1-6H3,(H,76,79)(H,83,84)(H,85,86)(H2,73,77,82)(H2,74,75,81);;/q;2*+1/p-2/t65-,66-,67-,68-;;/m1../s1. The number of urea groups is 2. The van der Waals surface area contributed by atoms with E-state index in [2.05, 4.69) is 61.2 Å². The Kier molecular flexibility index (Phi) is 76.8. The Morgan fingerprint density at radius 2 is 0.673 bits per heavy atom. The number of rotatable bonds is 73. The van der Waals surface area contributed by atoms with Gasteiger partial charge in [-0.1, -0.05) is 259 Å². The van der Waals surface area contributed by atoms with E-state index in [0.717, 1.165) is 128 Å². The Hall–Kier alpha value is -0.910. The van der Waals surface area contributed by atoms with E-state index in [1.54, 1.807) is 0 Å². The van der Waals surface area contributed by atoms with Crippen molar-refractivity contribution < 1.29 is 139 Å². The van der Waals surface area contributed by atoms with Crippen molar-refractivity contribution in [1.82, 2.24) is 26.6 Å². The molecule has 6 atom stereocenters. The van der Waals surface area contributed by atoms with Crippen LogP contribution in [0.1, 0.15) is 337 Å². The molecule has 22 nitrogen and oxygen atoms in total. The van der Waals surface area contributed by atoms with Gasteiger partial charge in [-0.05, 0) is 44.9 Å². The fourth-order valence-corrected chi connectivity index (χ4v) is 12.6. The second-order valence-corrected chi connectivity index (χ2v) is 29.0. The smallest absolute Gasteiger partial charge is 0.756 e. The number of phosphoric ester groups is 2. The van der Waals surface area contributed by atoms with Crippen molar-refractivity contribution in [2.75, 3.05) is 72.5 Å². The maximum Gasteiger partial charge on any atom is 1.00 e. The third-order valence-corrected chi connectivity index (χ3v) is 18.8. The van der Waals surface area contributed by atoms with Gasteiger partial charge in [0.25, 0.3) is 15.6 Å². The van der Waals surface area contributed by atoms with Gasteiger partial charge in [0.1, 0.15) is 12.2 Å². The summed E-state index contributed by atoms with van der Waals surface area (Å²) < 4.78 is 69.7. The summed E-state index contributed by atoms with van der Waals surface area (Å²) in [6.45, 7) is 10.4. The van der Waals surface area contributed by atoms with Crippen molar-refractivity contribution in [3.63, 3.8) is 0 Å². The largest absolute Gasteiger partial charge is 1.00 e. The van der Waals surface area contributed by atoms with Gasteiger partial charge in [-0.2, -0.15) is 0 Å². The van der Waals surface area contributed by atoms with E-state index in [-0.39, 0.29) is 135 Å². The molecule has 568 valence electrons. The maximum atomic E-state index is 13.1. The molecule has 0 aromatic heterocycles. The summed E-state index contributed by atoms with van der Waals surface area (Å²) in [6.07, 6.45) is 47.2. The average Bonchev–Trinajstić information content (AvgIpc) is 1.76. The summed E-state index contributed by atoms with van der Waals surface area (Å²) >= 11 is 0. The van der Waals surface area contributed by atoms with Crippen molar-refractivity contribution in [3.8, 4) is 0 Å². The summed E-state index contributed by atoms with van der Waals surface area (Å²) in [5.74, 6) is -0.855. The predicted molar refractivity (Wildman–Crippen MR) is 380 cm³/mol. The van der Waals surface area contributed by atoms with Crippen LogP contribution in [0.5, 0.6) is 0 Å². The van der Waals surface area contributed by atoms with Gasteiger partial charge in [0.05, 0.1) is 64.9 Å². The molecule has 5 amide bonds. The van der Waals surface area contributed by atoms with Crippen molar-refractivity contribution >= 4 is 45.6 Å². The van der Waals surface area contributed by atoms with Gasteiger partial charge >= 0.3 is 83.1 Å². The quantitative estimate of drug-likeness (QED) is 0.0164. The SMILES string of the molecule is CCCCCCCCCCCCCC(=O)N[C@H](COCC[C@@H](CCCCCCC)OC(C)=O)COP(=O)([O-])OCCNC(=O)NCCOP(=O)([O-])OC[C@@H](COCC[C@@H](CCCCCCC)OC(=O)CCCCCCCCCCC)NC(=O)NCCCCCCCCCCCC.[Na+].[Na+]. The van der Waals surface area contributed by atoms with Crippen LogP contribution in [0, 0.1) is 0 Å². The minimum Gasteiger partial charge on any atom is -0.756 e. The zero-order valence-corrected chi connectivity index (χ0v) is 69.2. The predicted octanol–water partition coefficient (Wildman–Crippen LogP) is 10.4. The number of hydrogen-bond acceptors (Lipinski definition) is 17. The number of nitrogens with one attached hydrogen (secondary N) is 5. The van der Waals surface area contributed by atoms with Crippen LogP contribution < -0.4 is 95.5 Å². The van der Waals surface area contributed by atoms with Gasteiger partial charge in [-0.15, -0.1) is 0 Å². The second-order valence-electron chi connectivity index (χ2n) is 26.2. The summed E-state index contributed by atoms with van der Waals surface area (Å²) in [4.78, 5) is 89.4. The number of unbranched alkanes of at least 4 members (excludes halogenated alkanes) is 35. The molecule has 0 heterocycles. The molecule has 0 aromatic carbocycles. The molecule has 0 aliphatic carbocycles. The minimum absolute atomic E-state index is 0. The van der Waals surface area contributed by atoms with Gasteiger partial charge in [0.2, 0.25) is 5.91 Å². The second kappa shape index (κ2) is 74.4. The van der Waals surface area contributed by atoms with Crippen LogP contribution in [0.3, 0.4) is 0 Å². The molecule has 0 fully saturated rings. The van der Waals surface area contributed by atoms with Crippen LogP contribution in [0.2, 0.25) is 0 Å². The van der Waals surface area contributed by atoms with Gasteiger partial charge in [-0.25, -0.2) is 9.59 Å². The van der Waals surface area contributed by atoms with E-state index in [9.17, 15) is 42.9 Å². The zero-order chi connectivity index (χ0) is 70.7. The number of esters is 2. The third-order valence-electron chi connectivity index (χ3n) is 16.8. The molecule has 26 heteroatoms. The maximum absolute atomic E-state index is 13.1. The summed E-state index contributed by atoms with van der Waals surface area (Å²) in [6, 6.07) is -3.03. The molecule has 98 heavy (non-hydrogen) atoms. The van der Waals surface area contributed by atoms with E-state index in [1.165, 1.54) is 129 Å². The van der Waals surface area contributed by atoms with Crippen molar-refractivity contribution in [1.29, 1.82) is 0 Å².